The summed E-state index contributed by atoms with van der Waals surface area (Å²) in [6, 6.07) is 11.2. The number of sulfonamides is 1. The predicted octanol–water partition coefficient (Wildman–Crippen LogP) is 3.41. The molecular weight excluding hydrogens is 336 g/mol. The number of aromatic nitrogens is 1. The average Bonchev–Trinajstić information content (AvgIpc) is 3.18. The molecule has 0 spiro atoms. The van der Waals surface area contributed by atoms with E-state index in [2.05, 4.69) is 9.88 Å². The van der Waals surface area contributed by atoms with Gasteiger partial charge in [0.25, 0.3) is 10.0 Å². The molecule has 0 unspecified atom stereocenters. The summed E-state index contributed by atoms with van der Waals surface area (Å²) in [4.78, 5) is 12.0. The van der Waals surface area contributed by atoms with E-state index in [-0.39, 0.29) is 9.99 Å². The van der Waals surface area contributed by atoms with Crippen molar-refractivity contribution in [2.75, 3.05) is 4.72 Å². The quantitative estimate of drug-likeness (QED) is 0.714. The fourth-order valence-electron chi connectivity index (χ4n) is 1.95. The van der Waals surface area contributed by atoms with Gasteiger partial charge in [-0.25, -0.2) is 8.42 Å². The van der Waals surface area contributed by atoms with Crippen molar-refractivity contribution in [3.05, 3.63) is 54.2 Å². The maximum atomic E-state index is 12.4. The third kappa shape index (κ3) is 3.33. The highest BCUT2D eigenvalue weighted by Crippen LogP contribution is 2.31. The number of carbonyl (C=O) groups excluding carboxylic acids is 1. The zero-order valence-electron chi connectivity index (χ0n) is 12.0. The highest BCUT2D eigenvalue weighted by Gasteiger charge is 2.19. The summed E-state index contributed by atoms with van der Waals surface area (Å²) in [5.74, 6) is 0.379. The molecule has 0 aliphatic rings. The number of nitrogens with zero attached hydrogens (tertiary/aromatic N) is 1. The minimum Gasteiger partial charge on any atom is -0.355 e. The van der Waals surface area contributed by atoms with Gasteiger partial charge in [0.1, 0.15) is 4.21 Å². The Morgan fingerprint density at radius 2 is 2.04 bits per heavy atom. The zero-order chi connectivity index (χ0) is 16.4. The lowest BCUT2D eigenvalue weighted by Gasteiger charge is -2.07. The molecule has 0 fully saturated rings. The standard InChI is InChI=1S/C15H12N2O4S2/c1-10(18)11-3-2-4-12(9-11)17-23(19,20)15-6-5-14(22-15)13-7-8-16-21-13/h2-9,17H,1H3. The first-order valence-corrected chi connectivity index (χ1v) is 8.90. The molecule has 0 aliphatic carbocycles. The molecule has 6 nitrogen and oxygen atoms in total. The van der Waals surface area contributed by atoms with Gasteiger partial charge in [0.2, 0.25) is 0 Å². The molecule has 0 radical (unpaired) electrons. The number of hydrogen-bond donors (Lipinski definition) is 1. The van der Waals surface area contributed by atoms with Crippen molar-refractivity contribution in [3.63, 3.8) is 0 Å². The van der Waals surface area contributed by atoms with Crippen molar-refractivity contribution in [2.24, 2.45) is 0 Å². The maximum Gasteiger partial charge on any atom is 0.271 e. The van der Waals surface area contributed by atoms with E-state index in [9.17, 15) is 13.2 Å². The first-order valence-electron chi connectivity index (χ1n) is 6.60. The number of anilines is 1. The molecule has 1 aromatic carbocycles. The maximum absolute atomic E-state index is 12.4. The van der Waals surface area contributed by atoms with Crippen LogP contribution in [-0.4, -0.2) is 19.4 Å². The van der Waals surface area contributed by atoms with Crippen LogP contribution in [0.5, 0.6) is 0 Å². The van der Waals surface area contributed by atoms with E-state index in [0.717, 1.165) is 11.3 Å². The molecule has 3 aromatic rings. The van der Waals surface area contributed by atoms with Crippen molar-refractivity contribution >= 4 is 32.8 Å². The van der Waals surface area contributed by atoms with Crippen LogP contribution in [-0.2, 0) is 10.0 Å². The SMILES string of the molecule is CC(=O)c1cccc(NS(=O)(=O)c2ccc(-c3ccno3)s2)c1. The molecule has 0 aliphatic heterocycles. The summed E-state index contributed by atoms with van der Waals surface area (Å²) >= 11 is 1.08. The lowest BCUT2D eigenvalue weighted by atomic mass is 10.1. The normalized spacial score (nSPS) is 11.3. The third-order valence-corrected chi connectivity index (χ3v) is 6.02. The molecule has 0 saturated heterocycles. The van der Waals surface area contributed by atoms with Crippen molar-refractivity contribution in [1.29, 1.82) is 0 Å². The second kappa shape index (κ2) is 5.98. The van der Waals surface area contributed by atoms with Crippen molar-refractivity contribution < 1.29 is 17.7 Å². The number of hydrogen-bond acceptors (Lipinski definition) is 6. The van der Waals surface area contributed by atoms with Crippen LogP contribution in [0, 0.1) is 0 Å². The van der Waals surface area contributed by atoms with Crippen LogP contribution in [0.3, 0.4) is 0 Å². The topological polar surface area (TPSA) is 89.3 Å². The third-order valence-electron chi connectivity index (χ3n) is 3.05. The number of rotatable bonds is 5. The second-order valence-corrected chi connectivity index (χ2v) is 7.73. The fraction of sp³-hybridized carbons (Fsp3) is 0.0667. The molecule has 2 heterocycles. The van der Waals surface area contributed by atoms with Crippen molar-refractivity contribution in [2.45, 2.75) is 11.1 Å². The summed E-state index contributed by atoms with van der Waals surface area (Å²) in [5.41, 5.74) is 0.783. The summed E-state index contributed by atoms with van der Waals surface area (Å²) in [5, 5.41) is 3.60. The van der Waals surface area contributed by atoms with Gasteiger partial charge in [-0.2, -0.15) is 0 Å². The highest BCUT2D eigenvalue weighted by molar-refractivity contribution is 7.94. The van der Waals surface area contributed by atoms with Gasteiger partial charge in [0.15, 0.2) is 11.5 Å². The Morgan fingerprint density at radius 1 is 1.22 bits per heavy atom. The van der Waals surface area contributed by atoms with Gasteiger partial charge in [-0.1, -0.05) is 17.3 Å². The highest BCUT2D eigenvalue weighted by atomic mass is 32.2. The monoisotopic (exact) mass is 348 g/mol. The lowest BCUT2D eigenvalue weighted by Crippen LogP contribution is -2.11. The summed E-state index contributed by atoms with van der Waals surface area (Å²) in [7, 11) is -3.73. The largest absolute Gasteiger partial charge is 0.355 e. The molecule has 0 atom stereocenters. The Kier molecular flexibility index (Phi) is 4.01. The smallest absolute Gasteiger partial charge is 0.271 e. The fourth-order valence-corrected chi connectivity index (χ4v) is 4.26. The molecule has 0 amide bonds. The van der Waals surface area contributed by atoms with E-state index >= 15 is 0 Å². The van der Waals surface area contributed by atoms with Gasteiger partial charge >= 0.3 is 0 Å². The summed E-state index contributed by atoms with van der Waals surface area (Å²) in [6.07, 6.45) is 1.49. The van der Waals surface area contributed by atoms with E-state index in [1.165, 1.54) is 25.3 Å². The van der Waals surface area contributed by atoms with Gasteiger partial charge in [0, 0.05) is 17.3 Å². The number of benzene rings is 1. The first-order chi connectivity index (χ1) is 11.0. The Bertz CT molecular complexity index is 944. The van der Waals surface area contributed by atoms with E-state index < -0.39 is 10.0 Å². The molecule has 118 valence electrons. The van der Waals surface area contributed by atoms with Gasteiger partial charge in [-0.05, 0) is 31.2 Å². The predicted molar refractivity (Wildman–Crippen MR) is 87.1 cm³/mol. The first kappa shape index (κ1) is 15.4. The van der Waals surface area contributed by atoms with Gasteiger partial charge in [-0.15, -0.1) is 11.3 Å². The Labute approximate surface area is 136 Å². The van der Waals surface area contributed by atoms with Gasteiger partial charge in [-0.3, -0.25) is 9.52 Å². The molecule has 0 bridgehead atoms. The van der Waals surface area contributed by atoms with Crippen LogP contribution in [0.2, 0.25) is 0 Å². The molecular formula is C15H12N2O4S2. The average molecular weight is 348 g/mol. The molecule has 23 heavy (non-hydrogen) atoms. The lowest BCUT2D eigenvalue weighted by molar-refractivity contribution is 0.101. The number of Topliss-reactive ketones (excluding diaryl/α,β-unsaturated/α-hetero) is 1. The summed E-state index contributed by atoms with van der Waals surface area (Å²) in [6.45, 7) is 1.43. The number of thiophene rings is 1. The van der Waals surface area contributed by atoms with Crippen LogP contribution < -0.4 is 4.72 Å². The molecule has 1 N–H and O–H groups in total. The van der Waals surface area contributed by atoms with E-state index in [1.54, 1.807) is 30.3 Å². The van der Waals surface area contributed by atoms with Crippen LogP contribution in [0.1, 0.15) is 17.3 Å². The van der Waals surface area contributed by atoms with E-state index in [1.807, 2.05) is 0 Å². The van der Waals surface area contributed by atoms with E-state index in [0.29, 0.717) is 21.9 Å². The number of carbonyl (C=O) groups is 1. The van der Waals surface area contributed by atoms with E-state index in [4.69, 9.17) is 4.52 Å². The van der Waals surface area contributed by atoms with Crippen molar-refractivity contribution in [3.8, 4) is 10.6 Å². The van der Waals surface area contributed by atoms with Crippen molar-refractivity contribution in [1.82, 2.24) is 5.16 Å². The molecule has 8 heteroatoms. The molecule has 0 saturated carbocycles. The molecule has 3 rings (SSSR count). The van der Waals surface area contributed by atoms with Gasteiger partial charge in [0.05, 0.1) is 11.1 Å². The molecule has 2 aromatic heterocycles. The second-order valence-electron chi connectivity index (χ2n) is 4.74. The van der Waals surface area contributed by atoms with Crippen LogP contribution >= 0.6 is 11.3 Å². The zero-order valence-corrected chi connectivity index (χ0v) is 13.6. The number of ketones is 1. The van der Waals surface area contributed by atoms with Crippen LogP contribution in [0.4, 0.5) is 5.69 Å². The minimum absolute atomic E-state index is 0.130. The number of nitrogens with one attached hydrogen (secondary N) is 1. The van der Waals surface area contributed by atoms with Gasteiger partial charge < -0.3 is 4.52 Å². The summed E-state index contributed by atoms with van der Waals surface area (Å²) < 4.78 is 32.5. The van der Waals surface area contributed by atoms with Crippen LogP contribution in [0.15, 0.2) is 57.4 Å². The minimum atomic E-state index is -3.73. The van der Waals surface area contributed by atoms with Crippen LogP contribution in [0.25, 0.3) is 10.6 Å². The Morgan fingerprint density at radius 3 is 2.74 bits per heavy atom. The Hall–Kier alpha value is -2.45. The Balaban J connectivity index is 1.87.